The van der Waals surface area contributed by atoms with E-state index in [0.29, 0.717) is 30.4 Å². The smallest absolute Gasteiger partial charge is 0.129 e. The Morgan fingerprint density at radius 3 is 3.00 bits per heavy atom. The number of nitrogens with zero attached hydrogens (tertiary/aromatic N) is 2. The molecule has 0 spiro atoms. The Kier molecular flexibility index (Phi) is 5.65. The summed E-state index contributed by atoms with van der Waals surface area (Å²) in [6.07, 6.45) is 9.88. The van der Waals surface area contributed by atoms with Crippen molar-refractivity contribution >= 4 is 0 Å². The minimum Gasteiger partial charge on any atom is -0.394 e. The molecular weight excluding hydrogens is 395 g/mol. The van der Waals surface area contributed by atoms with Gasteiger partial charge >= 0.3 is 0 Å². The number of halogens is 1. The Morgan fingerprint density at radius 1 is 1.32 bits per heavy atom. The van der Waals surface area contributed by atoms with Gasteiger partial charge in [-0.1, -0.05) is 19.1 Å². The molecule has 5 nitrogen and oxygen atoms in total. The molecule has 2 heterocycles. The van der Waals surface area contributed by atoms with Crippen molar-refractivity contribution in [2.45, 2.75) is 70.1 Å². The van der Waals surface area contributed by atoms with E-state index in [9.17, 15) is 14.6 Å². The van der Waals surface area contributed by atoms with E-state index < -0.39 is 6.10 Å². The van der Waals surface area contributed by atoms with E-state index in [0.717, 1.165) is 49.8 Å². The standard InChI is InChI=1S/C25H33FN2O3/c1-2-25(12-16-6-7-22(31-9-8-29)17(10-16)13-25)23(30)11-20-24-18(4-3-5-19(24)26)21-14-27-15-28(20)21/h3-5,14-17,20,22-23,29-30H,2,6-13H2,1H3/t16?,17-,20?,22?,23?,25?/m1/s1. The molecule has 3 aliphatic rings. The molecule has 5 unspecified atom stereocenters. The third-order valence-electron chi connectivity index (χ3n) is 8.33. The van der Waals surface area contributed by atoms with E-state index in [2.05, 4.69) is 11.9 Å². The van der Waals surface area contributed by atoms with E-state index >= 15 is 0 Å². The lowest BCUT2D eigenvalue weighted by Crippen LogP contribution is -2.48. The number of ether oxygens (including phenoxy) is 1. The molecule has 1 aliphatic heterocycles. The van der Waals surface area contributed by atoms with Crippen LogP contribution in [0.2, 0.25) is 0 Å². The van der Waals surface area contributed by atoms with Gasteiger partial charge in [-0.3, -0.25) is 0 Å². The summed E-state index contributed by atoms with van der Waals surface area (Å²) in [5.41, 5.74) is 2.32. The zero-order chi connectivity index (χ0) is 21.6. The molecule has 0 radical (unpaired) electrons. The summed E-state index contributed by atoms with van der Waals surface area (Å²) in [4.78, 5) is 4.29. The van der Waals surface area contributed by atoms with Crippen LogP contribution < -0.4 is 0 Å². The summed E-state index contributed by atoms with van der Waals surface area (Å²) in [6, 6.07) is 4.98. The second kappa shape index (κ2) is 8.30. The molecular formula is C25H33FN2O3. The van der Waals surface area contributed by atoms with Crippen molar-refractivity contribution < 1.29 is 19.3 Å². The second-order valence-corrected chi connectivity index (χ2v) is 9.85. The zero-order valence-corrected chi connectivity index (χ0v) is 18.2. The van der Waals surface area contributed by atoms with Gasteiger partial charge in [0, 0.05) is 11.1 Å². The normalized spacial score (nSPS) is 32.5. The first-order valence-corrected chi connectivity index (χ1v) is 11.8. The number of hydrogen-bond acceptors (Lipinski definition) is 4. The third kappa shape index (κ3) is 3.53. The second-order valence-electron chi connectivity index (χ2n) is 9.85. The molecule has 1 aromatic heterocycles. The number of hydrogen-bond donors (Lipinski definition) is 2. The molecule has 2 fully saturated rings. The largest absolute Gasteiger partial charge is 0.394 e. The Bertz CT molecular complexity index is 929. The van der Waals surface area contributed by atoms with Gasteiger partial charge in [-0.05, 0) is 68.3 Å². The summed E-state index contributed by atoms with van der Waals surface area (Å²) in [5, 5.41) is 20.8. The summed E-state index contributed by atoms with van der Waals surface area (Å²) in [5.74, 6) is 0.825. The fraction of sp³-hybridized carbons (Fsp3) is 0.640. The Morgan fingerprint density at radius 2 is 2.19 bits per heavy atom. The Labute approximate surface area is 183 Å². The highest BCUT2D eigenvalue weighted by Gasteiger charge is 2.49. The van der Waals surface area contributed by atoms with Gasteiger partial charge in [-0.25, -0.2) is 9.37 Å². The molecule has 31 heavy (non-hydrogen) atoms. The maximum absolute atomic E-state index is 14.9. The van der Waals surface area contributed by atoms with E-state index in [4.69, 9.17) is 4.74 Å². The predicted molar refractivity (Wildman–Crippen MR) is 116 cm³/mol. The number of imidazole rings is 1. The van der Waals surface area contributed by atoms with Crippen LogP contribution in [0.4, 0.5) is 4.39 Å². The first-order chi connectivity index (χ1) is 15.1. The minimum absolute atomic E-state index is 0.0497. The molecule has 1 aromatic carbocycles. The Hall–Kier alpha value is -1.76. The van der Waals surface area contributed by atoms with Crippen LogP contribution in [-0.4, -0.2) is 45.2 Å². The van der Waals surface area contributed by atoms with Crippen LogP contribution in [0.3, 0.4) is 0 Å². The first kappa shape index (κ1) is 21.1. The minimum atomic E-state index is -0.523. The highest BCUT2D eigenvalue weighted by atomic mass is 19.1. The lowest BCUT2D eigenvalue weighted by Gasteiger charge is -2.52. The van der Waals surface area contributed by atoms with Gasteiger partial charge in [-0.15, -0.1) is 0 Å². The maximum Gasteiger partial charge on any atom is 0.129 e. The lowest BCUT2D eigenvalue weighted by molar-refractivity contribution is -0.112. The highest BCUT2D eigenvalue weighted by Crippen LogP contribution is 2.55. The fourth-order valence-corrected chi connectivity index (χ4v) is 6.83. The van der Waals surface area contributed by atoms with Crippen molar-refractivity contribution in [1.29, 1.82) is 0 Å². The topological polar surface area (TPSA) is 67.5 Å². The third-order valence-corrected chi connectivity index (χ3v) is 8.33. The summed E-state index contributed by atoms with van der Waals surface area (Å²) in [6.45, 7) is 2.61. The molecule has 2 aromatic rings. The van der Waals surface area contributed by atoms with Crippen molar-refractivity contribution in [3.63, 3.8) is 0 Å². The lowest BCUT2D eigenvalue weighted by atomic mass is 9.56. The van der Waals surface area contributed by atoms with Crippen LogP contribution in [0, 0.1) is 23.1 Å². The number of benzene rings is 1. The van der Waals surface area contributed by atoms with Gasteiger partial charge in [0.15, 0.2) is 0 Å². The molecule has 2 bridgehead atoms. The van der Waals surface area contributed by atoms with E-state index in [-0.39, 0.29) is 30.0 Å². The molecule has 6 atom stereocenters. The zero-order valence-electron chi connectivity index (χ0n) is 18.2. The molecule has 2 N–H and O–H groups in total. The van der Waals surface area contributed by atoms with Crippen LogP contribution >= 0.6 is 0 Å². The summed E-state index contributed by atoms with van der Waals surface area (Å²) >= 11 is 0. The van der Waals surface area contributed by atoms with Gasteiger partial charge in [0.1, 0.15) is 5.82 Å². The molecule has 0 amide bonds. The van der Waals surface area contributed by atoms with Gasteiger partial charge in [0.05, 0.1) is 49.7 Å². The quantitative estimate of drug-likeness (QED) is 0.689. The number of rotatable bonds is 7. The molecule has 5 rings (SSSR count). The van der Waals surface area contributed by atoms with Crippen molar-refractivity contribution in [3.05, 3.63) is 42.1 Å². The van der Waals surface area contributed by atoms with Crippen LogP contribution in [-0.2, 0) is 4.74 Å². The number of aliphatic hydroxyl groups excluding tert-OH is 2. The number of aromatic nitrogens is 2. The van der Waals surface area contributed by atoms with Gasteiger partial charge in [0.25, 0.3) is 0 Å². The van der Waals surface area contributed by atoms with E-state index in [1.807, 2.05) is 10.6 Å². The van der Waals surface area contributed by atoms with Crippen LogP contribution in [0.5, 0.6) is 0 Å². The van der Waals surface area contributed by atoms with Crippen LogP contribution in [0.15, 0.2) is 30.7 Å². The monoisotopic (exact) mass is 428 g/mol. The average molecular weight is 429 g/mol. The number of fused-ring (bicyclic) bond motifs is 5. The van der Waals surface area contributed by atoms with Crippen molar-refractivity contribution in [3.8, 4) is 11.3 Å². The van der Waals surface area contributed by atoms with Gasteiger partial charge in [0.2, 0.25) is 0 Å². The number of aliphatic hydroxyl groups is 2. The van der Waals surface area contributed by atoms with Crippen molar-refractivity contribution in [2.75, 3.05) is 13.2 Å². The first-order valence-electron chi connectivity index (χ1n) is 11.8. The highest BCUT2D eigenvalue weighted by molar-refractivity contribution is 5.69. The average Bonchev–Trinajstić information content (AvgIpc) is 3.36. The maximum atomic E-state index is 14.9. The van der Waals surface area contributed by atoms with Gasteiger partial charge < -0.3 is 19.5 Å². The molecule has 2 aliphatic carbocycles. The predicted octanol–water partition coefficient (Wildman–Crippen LogP) is 4.33. The SMILES string of the molecule is CCC1(C(O)CC2c3c(F)cccc3-c3cncn32)CC2CCC(OCCO)[C@H](C2)C1. The Balaban J connectivity index is 1.40. The summed E-state index contributed by atoms with van der Waals surface area (Å²) < 4.78 is 22.9. The van der Waals surface area contributed by atoms with Crippen molar-refractivity contribution in [1.82, 2.24) is 9.55 Å². The van der Waals surface area contributed by atoms with Crippen LogP contribution in [0.1, 0.15) is 63.5 Å². The molecule has 2 saturated carbocycles. The van der Waals surface area contributed by atoms with Crippen LogP contribution in [0.25, 0.3) is 11.3 Å². The summed E-state index contributed by atoms with van der Waals surface area (Å²) in [7, 11) is 0. The fourth-order valence-electron chi connectivity index (χ4n) is 6.83. The molecule has 6 heteroatoms. The van der Waals surface area contributed by atoms with Gasteiger partial charge in [-0.2, -0.15) is 0 Å². The van der Waals surface area contributed by atoms with E-state index in [1.54, 1.807) is 18.6 Å². The molecule has 168 valence electrons. The van der Waals surface area contributed by atoms with Crippen molar-refractivity contribution in [2.24, 2.45) is 17.3 Å². The molecule has 0 saturated heterocycles. The van der Waals surface area contributed by atoms with E-state index in [1.165, 1.54) is 6.07 Å².